The molecule has 4 aromatic carbocycles. The van der Waals surface area contributed by atoms with E-state index in [-0.39, 0.29) is 10.8 Å². The maximum atomic E-state index is 13.1. The zero-order valence-electron chi connectivity index (χ0n) is 18.8. The molecular weight excluding hydrogens is 422 g/mol. The third-order valence-corrected chi connectivity index (χ3v) is 8.48. The minimum absolute atomic E-state index is 0.00154. The topological polar surface area (TPSA) is 20.3 Å². The summed E-state index contributed by atoms with van der Waals surface area (Å²) in [6.45, 7) is 4.59. The van der Waals surface area contributed by atoms with Gasteiger partial charge in [0.2, 0.25) is 0 Å². The van der Waals surface area contributed by atoms with Crippen LogP contribution in [0.3, 0.4) is 0 Å². The SMILES string of the molecule is CCC1(CC)c2ccccc2N(c2ccc3c(=O)c4ccccc4sc3c2)c2ccccc21. The monoisotopic (exact) mass is 447 g/mol. The van der Waals surface area contributed by atoms with Gasteiger partial charge in [-0.2, -0.15) is 0 Å². The summed E-state index contributed by atoms with van der Waals surface area (Å²) in [7, 11) is 0. The maximum Gasteiger partial charge on any atom is 0.195 e. The van der Waals surface area contributed by atoms with Crippen LogP contribution < -0.4 is 10.3 Å². The molecule has 33 heavy (non-hydrogen) atoms. The number of hydrogen-bond donors (Lipinski definition) is 0. The van der Waals surface area contributed by atoms with Crippen molar-refractivity contribution in [3.63, 3.8) is 0 Å². The second-order valence-electron chi connectivity index (χ2n) is 8.77. The Kier molecular flexibility index (Phi) is 4.63. The van der Waals surface area contributed by atoms with Crippen molar-refractivity contribution >= 4 is 48.6 Å². The van der Waals surface area contributed by atoms with Gasteiger partial charge in [0.1, 0.15) is 0 Å². The van der Waals surface area contributed by atoms with Gasteiger partial charge in [0.05, 0.1) is 11.4 Å². The Morgan fingerprint density at radius 2 is 1.27 bits per heavy atom. The zero-order valence-corrected chi connectivity index (χ0v) is 19.7. The van der Waals surface area contributed by atoms with Gasteiger partial charge in [0, 0.05) is 31.3 Å². The Bertz CT molecular complexity index is 1530. The summed E-state index contributed by atoms with van der Waals surface area (Å²) in [6, 6.07) is 31.8. The van der Waals surface area contributed by atoms with E-state index in [1.807, 2.05) is 30.3 Å². The molecule has 0 saturated heterocycles. The van der Waals surface area contributed by atoms with Gasteiger partial charge in [-0.25, -0.2) is 0 Å². The van der Waals surface area contributed by atoms with Crippen molar-refractivity contribution in [1.82, 2.24) is 0 Å². The van der Waals surface area contributed by atoms with E-state index in [1.165, 1.54) is 22.5 Å². The van der Waals surface area contributed by atoms with Crippen molar-refractivity contribution in [2.24, 2.45) is 0 Å². The molecule has 1 aromatic heterocycles. The molecule has 0 aliphatic carbocycles. The first-order valence-corrected chi connectivity index (χ1v) is 12.4. The van der Waals surface area contributed by atoms with E-state index >= 15 is 0 Å². The molecule has 1 aliphatic heterocycles. The number of hydrogen-bond acceptors (Lipinski definition) is 3. The first-order chi connectivity index (χ1) is 16.2. The quantitative estimate of drug-likeness (QED) is 0.259. The Morgan fingerprint density at radius 3 is 1.94 bits per heavy atom. The van der Waals surface area contributed by atoms with E-state index in [9.17, 15) is 4.79 Å². The van der Waals surface area contributed by atoms with Crippen LogP contribution in [-0.2, 0) is 5.41 Å². The molecule has 0 saturated carbocycles. The summed E-state index contributed by atoms with van der Waals surface area (Å²) < 4.78 is 2.05. The average Bonchev–Trinajstić information content (AvgIpc) is 2.87. The molecule has 5 aromatic rings. The van der Waals surface area contributed by atoms with Crippen LogP contribution in [0.25, 0.3) is 20.2 Å². The third-order valence-electron chi connectivity index (χ3n) is 7.35. The van der Waals surface area contributed by atoms with Crippen LogP contribution in [0.2, 0.25) is 0 Å². The summed E-state index contributed by atoms with van der Waals surface area (Å²) in [4.78, 5) is 15.5. The van der Waals surface area contributed by atoms with Gasteiger partial charge in [-0.15, -0.1) is 11.3 Å². The van der Waals surface area contributed by atoms with Crippen molar-refractivity contribution in [1.29, 1.82) is 0 Å². The van der Waals surface area contributed by atoms with Gasteiger partial charge in [-0.05, 0) is 66.4 Å². The van der Waals surface area contributed by atoms with Gasteiger partial charge in [-0.3, -0.25) is 4.79 Å². The van der Waals surface area contributed by atoms with E-state index in [0.717, 1.165) is 38.7 Å². The highest BCUT2D eigenvalue weighted by atomic mass is 32.1. The summed E-state index contributed by atoms with van der Waals surface area (Å²) in [5, 5.41) is 1.59. The van der Waals surface area contributed by atoms with E-state index in [1.54, 1.807) is 11.3 Å². The molecule has 2 heterocycles. The molecule has 3 heteroatoms. The van der Waals surface area contributed by atoms with Crippen LogP contribution in [0.5, 0.6) is 0 Å². The lowest BCUT2D eigenvalue weighted by Crippen LogP contribution is -2.34. The molecule has 6 rings (SSSR count). The largest absolute Gasteiger partial charge is 0.310 e. The van der Waals surface area contributed by atoms with Crippen molar-refractivity contribution in [3.8, 4) is 0 Å². The van der Waals surface area contributed by atoms with Crippen LogP contribution in [0, 0.1) is 0 Å². The van der Waals surface area contributed by atoms with Crippen molar-refractivity contribution in [2.45, 2.75) is 32.1 Å². The number of rotatable bonds is 3. The molecule has 0 amide bonds. The molecule has 0 N–H and O–H groups in total. The Hall–Kier alpha value is -3.43. The van der Waals surface area contributed by atoms with E-state index in [0.29, 0.717) is 0 Å². The predicted octanol–water partition coefficient (Wildman–Crippen LogP) is 8.30. The van der Waals surface area contributed by atoms with Crippen LogP contribution in [0.4, 0.5) is 17.1 Å². The fourth-order valence-electron chi connectivity index (χ4n) is 5.64. The summed E-state index contributed by atoms with van der Waals surface area (Å²) in [6.07, 6.45) is 2.10. The lowest BCUT2D eigenvalue weighted by atomic mass is 9.67. The number of nitrogens with zero attached hydrogens (tertiary/aromatic N) is 1. The Morgan fingerprint density at radius 1 is 0.697 bits per heavy atom. The molecule has 1 aliphatic rings. The van der Waals surface area contributed by atoms with Gasteiger partial charge >= 0.3 is 0 Å². The lowest BCUT2D eigenvalue weighted by molar-refractivity contribution is 0.474. The molecule has 0 radical (unpaired) electrons. The first kappa shape index (κ1) is 20.2. The van der Waals surface area contributed by atoms with Crippen molar-refractivity contribution < 1.29 is 0 Å². The Labute approximate surface area is 197 Å². The Balaban J connectivity index is 1.64. The van der Waals surface area contributed by atoms with Gasteiger partial charge in [0.15, 0.2) is 5.43 Å². The van der Waals surface area contributed by atoms with E-state index in [4.69, 9.17) is 0 Å². The second kappa shape index (κ2) is 7.57. The van der Waals surface area contributed by atoms with Crippen molar-refractivity contribution in [2.75, 3.05) is 4.90 Å². The van der Waals surface area contributed by atoms with Gasteiger partial charge in [0.25, 0.3) is 0 Å². The smallest absolute Gasteiger partial charge is 0.195 e. The highest BCUT2D eigenvalue weighted by Gasteiger charge is 2.40. The number of benzene rings is 4. The number of anilines is 3. The van der Waals surface area contributed by atoms with Crippen molar-refractivity contribution in [3.05, 3.63) is 112 Å². The number of fused-ring (bicyclic) bond motifs is 4. The standard InChI is InChI=1S/C30H25NOS/c1-3-30(4-2)23-12-6-8-14-25(23)31(26-15-9-7-13-24(26)30)20-17-18-22-28(19-20)33-27-16-10-5-11-21(27)29(22)32/h5-19H,3-4H2,1-2H3. The van der Waals surface area contributed by atoms with Gasteiger partial charge < -0.3 is 4.90 Å². The fourth-order valence-corrected chi connectivity index (χ4v) is 6.74. The van der Waals surface area contributed by atoms with Crippen LogP contribution in [-0.4, -0.2) is 0 Å². The summed E-state index contributed by atoms with van der Waals surface area (Å²) in [5.41, 5.74) is 6.41. The molecule has 2 nitrogen and oxygen atoms in total. The molecule has 162 valence electrons. The number of para-hydroxylation sites is 2. The lowest BCUT2D eigenvalue weighted by Gasteiger charge is -2.45. The molecule has 0 bridgehead atoms. The normalized spacial score (nSPS) is 14.3. The van der Waals surface area contributed by atoms with Gasteiger partial charge in [-0.1, -0.05) is 62.4 Å². The fraction of sp³-hybridized carbons (Fsp3) is 0.167. The molecule has 0 fully saturated rings. The molecular formula is C30H25NOS. The van der Waals surface area contributed by atoms with Crippen LogP contribution in [0.1, 0.15) is 37.8 Å². The molecule has 0 spiro atoms. The molecule has 0 atom stereocenters. The van der Waals surface area contributed by atoms with Crippen LogP contribution in [0.15, 0.2) is 95.8 Å². The zero-order chi connectivity index (χ0) is 22.6. The minimum Gasteiger partial charge on any atom is -0.310 e. The highest BCUT2D eigenvalue weighted by Crippen LogP contribution is 2.54. The molecule has 0 unspecified atom stereocenters. The average molecular weight is 448 g/mol. The first-order valence-electron chi connectivity index (χ1n) is 11.6. The van der Waals surface area contributed by atoms with Crippen LogP contribution >= 0.6 is 11.3 Å². The van der Waals surface area contributed by atoms with E-state index in [2.05, 4.69) is 79.4 Å². The summed E-state index contributed by atoms with van der Waals surface area (Å²) in [5.74, 6) is 0. The maximum absolute atomic E-state index is 13.1. The highest BCUT2D eigenvalue weighted by molar-refractivity contribution is 7.24. The predicted molar refractivity (Wildman–Crippen MR) is 142 cm³/mol. The second-order valence-corrected chi connectivity index (χ2v) is 9.85. The minimum atomic E-state index is 0.00154. The van der Waals surface area contributed by atoms with E-state index < -0.39 is 0 Å². The summed E-state index contributed by atoms with van der Waals surface area (Å²) >= 11 is 1.69. The third kappa shape index (κ3) is 2.82.